The smallest absolute Gasteiger partial charge is 0.149 e. The Kier molecular flexibility index (Phi) is 5.72. The van der Waals surface area contributed by atoms with E-state index in [1.54, 1.807) is 23.3 Å². The molecule has 21 heavy (non-hydrogen) atoms. The molecule has 0 spiro atoms. The van der Waals surface area contributed by atoms with E-state index in [0.29, 0.717) is 18.7 Å². The van der Waals surface area contributed by atoms with E-state index < -0.39 is 11.6 Å². The van der Waals surface area contributed by atoms with Crippen LogP contribution in [0.2, 0.25) is 0 Å². The topological polar surface area (TPSA) is 15.3 Å². The molecule has 0 bridgehead atoms. The van der Waals surface area contributed by atoms with Crippen LogP contribution in [0.15, 0.2) is 27.4 Å². The summed E-state index contributed by atoms with van der Waals surface area (Å²) >= 11 is 4.94. The monoisotopic (exact) mass is 374 g/mol. The maximum Gasteiger partial charge on any atom is 0.149 e. The molecular weight excluding hydrogens is 358 g/mol. The second kappa shape index (κ2) is 7.33. The Labute approximate surface area is 135 Å². The summed E-state index contributed by atoms with van der Waals surface area (Å²) in [6.07, 6.45) is 0. The molecule has 1 aromatic heterocycles. The first-order chi connectivity index (χ1) is 10.0. The van der Waals surface area contributed by atoms with E-state index in [9.17, 15) is 8.78 Å². The highest BCUT2D eigenvalue weighted by molar-refractivity contribution is 9.11. The standard InChI is InChI=1S/C15H17BrF2N2S/c1-3-19-7-10-4-12(17)15(13(18)5-10)20(2)8-11-6-14(16)21-9-11/h4-6,9,19H,3,7-8H2,1-2H3. The zero-order valence-electron chi connectivity index (χ0n) is 11.9. The third-order valence-electron chi connectivity index (χ3n) is 3.08. The fraction of sp³-hybridized carbons (Fsp3) is 0.333. The third kappa shape index (κ3) is 4.25. The normalized spacial score (nSPS) is 10.9. The first kappa shape index (κ1) is 16.4. The highest BCUT2D eigenvalue weighted by Gasteiger charge is 2.16. The van der Waals surface area contributed by atoms with Crippen molar-refractivity contribution in [3.8, 4) is 0 Å². The van der Waals surface area contributed by atoms with Crippen LogP contribution in [0.1, 0.15) is 18.1 Å². The largest absolute Gasteiger partial charge is 0.365 e. The molecule has 0 amide bonds. The number of hydrogen-bond acceptors (Lipinski definition) is 3. The molecule has 2 aromatic rings. The Morgan fingerprint density at radius 3 is 2.38 bits per heavy atom. The van der Waals surface area contributed by atoms with Crippen LogP contribution < -0.4 is 10.2 Å². The van der Waals surface area contributed by atoms with Crippen molar-refractivity contribution in [1.29, 1.82) is 0 Å². The van der Waals surface area contributed by atoms with Crippen molar-refractivity contribution in [2.24, 2.45) is 0 Å². The van der Waals surface area contributed by atoms with Crippen LogP contribution in [-0.4, -0.2) is 13.6 Å². The molecule has 2 rings (SSSR count). The van der Waals surface area contributed by atoms with Gasteiger partial charge in [-0.1, -0.05) is 6.92 Å². The van der Waals surface area contributed by atoms with Crippen LogP contribution >= 0.6 is 27.3 Å². The number of nitrogens with zero attached hydrogens (tertiary/aromatic N) is 1. The van der Waals surface area contributed by atoms with Crippen molar-refractivity contribution in [2.45, 2.75) is 20.0 Å². The van der Waals surface area contributed by atoms with Gasteiger partial charge in [-0.3, -0.25) is 0 Å². The molecule has 0 aliphatic carbocycles. The maximum absolute atomic E-state index is 14.2. The number of nitrogens with one attached hydrogen (secondary N) is 1. The second-order valence-electron chi connectivity index (χ2n) is 4.80. The highest BCUT2D eigenvalue weighted by atomic mass is 79.9. The first-order valence-electron chi connectivity index (χ1n) is 6.64. The zero-order chi connectivity index (χ0) is 15.4. The lowest BCUT2D eigenvalue weighted by atomic mass is 10.1. The van der Waals surface area contributed by atoms with Crippen molar-refractivity contribution in [1.82, 2.24) is 5.32 Å². The lowest BCUT2D eigenvalue weighted by Crippen LogP contribution is -2.20. The predicted molar refractivity (Wildman–Crippen MR) is 87.9 cm³/mol. The molecule has 0 unspecified atom stereocenters. The van der Waals surface area contributed by atoms with Crippen molar-refractivity contribution < 1.29 is 8.78 Å². The Balaban J connectivity index is 2.18. The first-order valence-corrected chi connectivity index (χ1v) is 8.31. The van der Waals surface area contributed by atoms with Crippen molar-refractivity contribution in [3.63, 3.8) is 0 Å². The molecule has 0 fully saturated rings. The van der Waals surface area contributed by atoms with Gasteiger partial charge in [0.05, 0.1) is 3.79 Å². The predicted octanol–water partition coefficient (Wildman–Crippen LogP) is 4.53. The number of anilines is 1. The summed E-state index contributed by atoms with van der Waals surface area (Å²) in [6.45, 7) is 3.64. The number of halogens is 3. The Hall–Kier alpha value is -0.980. The van der Waals surface area contributed by atoms with Gasteiger partial charge in [-0.2, -0.15) is 0 Å². The molecular formula is C15H17BrF2N2S. The van der Waals surface area contributed by atoms with Gasteiger partial charge in [-0.05, 0) is 57.2 Å². The van der Waals surface area contributed by atoms with E-state index >= 15 is 0 Å². The van der Waals surface area contributed by atoms with Crippen molar-refractivity contribution >= 4 is 33.0 Å². The average molecular weight is 375 g/mol. The molecule has 114 valence electrons. The summed E-state index contributed by atoms with van der Waals surface area (Å²) in [7, 11) is 1.69. The van der Waals surface area contributed by atoms with E-state index in [2.05, 4.69) is 21.2 Å². The van der Waals surface area contributed by atoms with Gasteiger partial charge in [0.1, 0.15) is 17.3 Å². The summed E-state index contributed by atoms with van der Waals surface area (Å²) < 4.78 is 29.4. The van der Waals surface area contributed by atoms with E-state index in [0.717, 1.165) is 15.9 Å². The van der Waals surface area contributed by atoms with Gasteiger partial charge in [0.2, 0.25) is 0 Å². The van der Waals surface area contributed by atoms with Crippen molar-refractivity contribution in [3.05, 3.63) is 50.1 Å². The molecule has 0 saturated heterocycles. The Morgan fingerprint density at radius 2 is 1.86 bits per heavy atom. The Bertz CT molecular complexity index is 592. The van der Waals surface area contributed by atoms with Gasteiger partial charge in [-0.15, -0.1) is 11.3 Å². The summed E-state index contributed by atoms with van der Waals surface area (Å²) in [5.41, 5.74) is 1.64. The fourth-order valence-corrected chi connectivity index (χ4v) is 3.34. The fourth-order valence-electron chi connectivity index (χ4n) is 2.14. The van der Waals surface area contributed by atoms with Crippen molar-refractivity contribution in [2.75, 3.05) is 18.5 Å². The molecule has 0 atom stereocenters. The number of rotatable bonds is 6. The van der Waals surface area contributed by atoms with E-state index in [4.69, 9.17) is 0 Å². The van der Waals surface area contributed by atoms with Crippen LogP contribution in [0, 0.1) is 11.6 Å². The molecule has 2 nitrogen and oxygen atoms in total. The Morgan fingerprint density at radius 1 is 1.19 bits per heavy atom. The van der Waals surface area contributed by atoms with Crippen LogP contribution in [-0.2, 0) is 13.1 Å². The molecule has 1 N–H and O–H groups in total. The van der Waals surface area contributed by atoms with Gasteiger partial charge < -0.3 is 10.2 Å². The van der Waals surface area contributed by atoms with Crippen LogP contribution in [0.25, 0.3) is 0 Å². The quantitative estimate of drug-likeness (QED) is 0.798. The number of thiophene rings is 1. The van der Waals surface area contributed by atoms with Crippen LogP contribution in [0.5, 0.6) is 0 Å². The minimum atomic E-state index is -0.528. The molecule has 0 radical (unpaired) electrons. The summed E-state index contributed by atoms with van der Waals surface area (Å²) in [6, 6.07) is 4.73. The summed E-state index contributed by atoms with van der Waals surface area (Å²) in [4.78, 5) is 1.59. The van der Waals surface area contributed by atoms with Gasteiger partial charge in [0.25, 0.3) is 0 Å². The molecule has 6 heteroatoms. The summed E-state index contributed by atoms with van der Waals surface area (Å²) in [5, 5.41) is 5.03. The lowest BCUT2D eigenvalue weighted by molar-refractivity contribution is 0.570. The third-order valence-corrected chi connectivity index (χ3v) is 4.63. The van der Waals surface area contributed by atoms with Gasteiger partial charge >= 0.3 is 0 Å². The van der Waals surface area contributed by atoms with Gasteiger partial charge in [0.15, 0.2) is 0 Å². The molecule has 0 aliphatic rings. The maximum atomic E-state index is 14.2. The minimum absolute atomic E-state index is 0.0116. The minimum Gasteiger partial charge on any atom is -0.365 e. The van der Waals surface area contributed by atoms with E-state index in [-0.39, 0.29) is 5.69 Å². The molecule has 0 aliphatic heterocycles. The van der Waals surface area contributed by atoms with Crippen LogP contribution in [0.4, 0.5) is 14.5 Å². The second-order valence-corrected chi connectivity index (χ2v) is 7.09. The molecule has 1 heterocycles. The highest BCUT2D eigenvalue weighted by Crippen LogP contribution is 2.27. The lowest BCUT2D eigenvalue weighted by Gasteiger charge is -2.20. The molecule has 1 aromatic carbocycles. The van der Waals surface area contributed by atoms with Gasteiger partial charge in [0, 0.05) is 20.1 Å². The zero-order valence-corrected chi connectivity index (χ0v) is 14.3. The van der Waals surface area contributed by atoms with Crippen LogP contribution in [0.3, 0.4) is 0 Å². The van der Waals surface area contributed by atoms with Gasteiger partial charge in [-0.25, -0.2) is 8.78 Å². The number of hydrogen-bond donors (Lipinski definition) is 1. The van der Waals surface area contributed by atoms with E-state index in [1.165, 1.54) is 12.1 Å². The van der Waals surface area contributed by atoms with E-state index in [1.807, 2.05) is 18.4 Å². The summed E-state index contributed by atoms with van der Waals surface area (Å²) in [5.74, 6) is -1.06. The SMILES string of the molecule is CCNCc1cc(F)c(N(C)Cc2csc(Br)c2)c(F)c1. The average Bonchev–Trinajstić information content (AvgIpc) is 2.81. The molecule has 0 saturated carbocycles. The number of benzene rings is 1.